The van der Waals surface area contributed by atoms with Crippen molar-refractivity contribution < 1.29 is 0 Å². The number of rotatable bonds is 0. The fourth-order valence-corrected chi connectivity index (χ4v) is 0.747. The molecule has 0 aromatic rings. The summed E-state index contributed by atoms with van der Waals surface area (Å²) in [7, 11) is 2.07. The molecular weight excluding hydrogens is 112 g/mol. The van der Waals surface area contributed by atoms with Crippen LogP contribution in [0.3, 0.4) is 0 Å². The van der Waals surface area contributed by atoms with Crippen molar-refractivity contribution in [2.24, 2.45) is 5.73 Å². The Bertz CT molecular complexity index is 45.7. The lowest BCUT2D eigenvalue weighted by Gasteiger charge is -2.32. The van der Waals surface area contributed by atoms with Crippen LogP contribution < -0.4 is 5.73 Å². The van der Waals surface area contributed by atoms with Gasteiger partial charge in [0.1, 0.15) is 0 Å². The molecule has 1 saturated heterocycles. The van der Waals surface area contributed by atoms with E-state index in [1.54, 1.807) is 0 Å². The minimum Gasteiger partial charge on any atom is -0.325 e. The Hall–Kier alpha value is 0.210. The molecule has 0 spiro atoms. The van der Waals surface area contributed by atoms with Gasteiger partial charge in [0.2, 0.25) is 0 Å². The first kappa shape index (κ1) is 7.21. The first-order valence-corrected chi connectivity index (χ1v) is 2.23. The van der Waals surface area contributed by atoms with E-state index in [-0.39, 0.29) is 12.4 Å². The summed E-state index contributed by atoms with van der Waals surface area (Å²) in [5.41, 5.74) is 5.43. The number of nitrogens with two attached hydrogens (primary N) is 1. The van der Waals surface area contributed by atoms with Crippen LogP contribution in [0.4, 0.5) is 0 Å². The Morgan fingerprint density at radius 1 is 1.57 bits per heavy atom. The summed E-state index contributed by atoms with van der Waals surface area (Å²) in [5, 5.41) is 0. The van der Waals surface area contributed by atoms with Gasteiger partial charge < -0.3 is 10.6 Å². The highest BCUT2D eigenvalue weighted by Gasteiger charge is 2.17. The van der Waals surface area contributed by atoms with Crippen LogP contribution in [0.5, 0.6) is 0 Å². The molecule has 0 unspecified atom stereocenters. The van der Waals surface area contributed by atoms with Gasteiger partial charge in [-0.05, 0) is 7.05 Å². The van der Waals surface area contributed by atoms with Gasteiger partial charge in [-0.15, -0.1) is 12.4 Å². The van der Waals surface area contributed by atoms with Crippen molar-refractivity contribution in [3.63, 3.8) is 0 Å². The molecular formula is C4H11ClN2. The van der Waals surface area contributed by atoms with Gasteiger partial charge >= 0.3 is 0 Å². The molecule has 7 heavy (non-hydrogen) atoms. The van der Waals surface area contributed by atoms with E-state index in [1.165, 1.54) is 0 Å². The highest BCUT2D eigenvalue weighted by molar-refractivity contribution is 5.85. The van der Waals surface area contributed by atoms with Crippen molar-refractivity contribution in [3.05, 3.63) is 0 Å². The lowest BCUT2D eigenvalue weighted by molar-refractivity contribution is 0.192. The van der Waals surface area contributed by atoms with E-state index in [0.29, 0.717) is 6.04 Å². The first-order valence-electron chi connectivity index (χ1n) is 2.23. The molecule has 0 saturated carbocycles. The lowest BCUT2D eigenvalue weighted by Crippen LogP contribution is -2.53. The predicted molar refractivity (Wildman–Crippen MR) is 32.7 cm³/mol. The maximum Gasteiger partial charge on any atom is 0.0297 e. The topological polar surface area (TPSA) is 29.3 Å². The molecule has 3 heteroatoms. The summed E-state index contributed by atoms with van der Waals surface area (Å²) in [4.78, 5) is 2.20. The van der Waals surface area contributed by atoms with Crippen LogP contribution in [0, 0.1) is 0 Å². The smallest absolute Gasteiger partial charge is 0.0297 e. The Morgan fingerprint density at radius 3 is 2.00 bits per heavy atom. The molecule has 0 amide bonds. The van der Waals surface area contributed by atoms with Crippen LogP contribution in [0.2, 0.25) is 0 Å². The van der Waals surface area contributed by atoms with Gasteiger partial charge in [0.05, 0.1) is 0 Å². The van der Waals surface area contributed by atoms with Gasteiger partial charge in [0.15, 0.2) is 0 Å². The molecule has 1 fully saturated rings. The van der Waals surface area contributed by atoms with Crippen molar-refractivity contribution in [2.75, 3.05) is 20.1 Å². The third-order valence-electron chi connectivity index (χ3n) is 1.09. The van der Waals surface area contributed by atoms with Gasteiger partial charge in [0, 0.05) is 19.1 Å². The second kappa shape index (κ2) is 2.50. The summed E-state index contributed by atoms with van der Waals surface area (Å²) in [5.74, 6) is 0. The second-order valence-electron chi connectivity index (χ2n) is 1.98. The quantitative estimate of drug-likeness (QED) is 0.477. The van der Waals surface area contributed by atoms with Crippen molar-refractivity contribution in [3.8, 4) is 0 Å². The van der Waals surface area contributed by atoms with Crippen molar-refractivity contribution in [1.29, 1.82) is 0 Å². The van der Waals surface area contributed by atoms with E-state index in [1.807, 2.05) is 0 Å². The molecule has 2 N–H and O–H groups in total. The highest BCUT2D eigenvalue weighted by atomic mass is 35.5. The third-order valence-corrected chi connectivity index (χ3v) is 1.09. The number of halogens is 1. The van der Waals surface area contributed by atoms with Crippen LogP contribution in [0.25, 0.3) is 0 Å². The van der Waals surface area contributed by atoms with E-state index in [9.17, 15) is 0 Å². The van der Waals surface area contributed by atoms with E-state index in [4.69, 9.17) is 5.73 Å². The molecule has 1 aliphatic heterocycles. The molecule has 2 nitrogen and oxygen atoms in total. The van der Waals surface area contributed by atoms with E-state index in [0.717, 1.165) is 13.1 Å². The molecule has 0 radical (unpaired) electrons. The van der Waals surface area contributed by atoms with Crippen LogP contribution in [-0.4, -0.2) is 31.1 Å². The largest absolute Gasteiger partial charge is 0.325 e. The van der Waals surface area contributed by atoms with Gasteiger partial charge in [-0.1, -0.05) is 0 Å². The average Bonchev–Trinajstić information content (AvgIpc) is 1.33. The van der Waals surface area contributed by atoms with Gasteiger partial charge in [0.25, 0.3) is 0 Å². The van der Waals surface area contributed by atoms with Crippen LogP contribution in [0.1, 0.15) is 0 Å². The Kier molecular flexibility index (Phi) is 2.58. The van der Waals surface area contributed by atoms with Crippen LogP contribution in [0.15, 0.2) is 0 Å². The molecule has 0 bridgehead atoms. The Balaban J connectivity index is 0.000000360. The Morgan fingerprint density at radius 2 is 2.00 bits per heavy atom. The van der Waals surface area contributed by atoms with Gasteiger partial charge in [-0.2, -0.15) is 0 Å². The summed E-state index contributed by atoms with van der Waals surface area (Å²) in [6.45, 7) is 2.17. The van der Waals surface area contributed by atoms with Crippen molar-refractivity contribution in [2.45, 2.75) is 6.04 Å². The van der Waals surface area contributed by atoms with Crippen LogP contribution in [-0.2, 0) is 0 Å². The molecule has 1 aliphatic rings. The minimum atomic E-state index is 0. The van der Waals surface area contributed by atoms with Crippen molar-refractivity contribution in [1.82, 2.24) is 4.90 Å². The first-order chi connectivity index (χ1) is 2.79. The summed E-state index contributed by atoms with van der Waals surface area (Å²) >= 11 is 0. The summed E-state index contributed by atoms with van der Waals surface area (Å²) < 4.78 is 0. The number of likely N-dealkylation sites (N-methyl/N-ethyl adjacent to an activating group) is 1. The molecule has 0 atom stereocenters. The standard InChI is InChI=1S/C4H10N2.ClH/c1-6-2-4(5)3-6;/h4H,2-3,5H2,1H3;1H. The summed E-state index contributed by atoms with van der Waals surface area (Å²) in [6, 6.07) is 0.468. The van der Waals surface area contributed by atoms with E-state index >= 15 is 0 Å². The molecule has 44 valence electrons. The zero-order valence-electron chi connectivity index (χ0n) is 4.42. The maximum atomic E-state index is 5.43. The number of likely N-dealkylation sites (tertiary alicyclic amines) is 1. The van der Waals surface area contributed by atoms with Gasteiger partial charge in [-0.3, -0.25) is 0 Å². The summed E-state index contributed by atoms with van der Waals surface area (Å²) in [6.07, 6.45) is 0. The normalized spacial score (nSPS) is 23.1. The highest BCUT2D eigenvalue weighted by Crippen LogP contribution is 1.98. The average molecular weight is 123 g/mol. The lowest BCUT2D eigenvalue weighted by atomic mass is 10.2. The number of nitrogens with zero attached hydrogens (tertiary/aromatic N) is 1. The second-order valence-corrected chi connectivity index (χ2v) is 1.98. The molecule has 0 aliphatic carbocycles. The van der Waals surface area contributed by atoms with Crippen molar-refractivity contribution >= 4 is 12.4 Å². The molecule has 1 heterocycles. The SMILES string of the molecule is CN1CC(N)C1.Cl. The number of hydrogen-bond donors (Lipinski definition) is 1. The van der Waals surface area contributed by atoms with Gasteiger partial charge in [-0.25, -0.2) is 0 Å². The predicted octanol–water partition coefficient (Wildman–Crippen LogP) is -0.319. The fourth-order valence-electron chi connectivity index (χ4n) is 0.747. The maximum absolute atomic E-state index is 5.43. The molecule has 0 aromatic carbocycles. The zero-order valence-corrected chi connectivity index (χ0v) is 5.24. The fraction of sp³-hybridized carbons (Fsp3) is 1.00. The van der Waals surface area contributed by atoms with Crippen LogP contribution >= 0.6 is 12.4 Å². The molecule has 0 aromatic heterocycles. The molecule has 1 rings (SSSR count). The van der Waals surface area contributed by atoms with E-state index < -0.39 is 0 Å². The number of hydrogen-bond acceptors (Lipinski definition) is 2. The van der Waals surface area contributed by atoms with E-state index in [2.05, 4.69) is 11.9 Å². The minimum absolute atomic E-state index is 0. The monoisotopic (exact) mass is 122 g/mol. The zero-order chi connectivity index (χ0) is 4.57. The third kappa shape index (κ3) is 1.63. The Labute approximate surface area is 50.1 Å².